The fraction of sp³-hybridized carbons (Fsp3) is 0.258. The molecule has 4 rings (SSSR count). The van der Waals surface area contributed by atoms with Crippen LogP contribution in [-0.4, -0.2) is 19.1 Å². The number of hydrogen-bond donors (Lipinski definition) is 1. The average molecular weight is 468 g/mol. The van der Waals surface area contributed by atoms with Crippen molar-refractivity contribution in [3.63, 3.8) is 0 Å². The average Bonchev–Trinajstić information content (AvgIpc) is 3.25. The highest BCUT2D eigenvalue weighted by Gasteiger charge is 2.18. The van der Waals surface area contributed by atoms with Crippen molar-refractivity contribution >= 4 is 22.4 Å². The summed E-state index contributed by atoms with van der Waals surface area (Å²) in [7, 11) is 0. The molecule has 4 nitrogen and oxygen atoms in total. The highest BCUT2D eigenvalue weighted by atomic mass is 16.5. The zero-order valence-electron chi connectivity index (χ0n) is 20.9. The number of fused-ring (bicyclic) bond motifs is 1. The monoisotopic (exact) mass is 467 g/mol. The Morgan fingerprint density at radius 2 is 1.66 bits per heavy atom. The molecule has 0 aliphatic heterocycles. The third-order valence-corrected chi connectivity index (χ3v) is 6.43. The number of allylic oxidation sites excluding steroid dienone is 1. The molecule has 0 unspecified atom stereocenters. The molecular weight excluding hydrogens is 434 g/mol. The lowest BCUT2D eigenvalue weighted by Crippen LogP contribution is -2.24. The Bertz CT molecular complexity index is 1280. The van der Waals surface area contributed by atoms with Gasteiger partial charge in [-0.15, -0.1) is 0 Å². The van der Waals surface area contributed by atoms with Crippen LogP contribution < -0.4 is 10.1 Å². The molecule has 4 aromatic rings. The Balaban J connectivity index is 1.51. The second-order valence-corrected chi connectivity index (χ2v) is 8.89. The number of rotatable bonds is 9. The van der Waals surface area contributed by atoms with Crippen molar-refractivity contribution in [1.82, 2.24) is 5.32 Å². The van der Waals surface area contributed by atoms with Gasteiger partial charge < -0.3 is 14.5 Å². The third-order valence-electron chi connectivity index (χ3n) is 6.43. The second-order valence-electron chi connectivity index (χ2n) is 8.89. The molecule has 0 aliphatic rings. The zero-order valence-corrected chi connectivity index (χ0v) is 20.9. The number of hydrogen-bond acceptors (Lipinski definition) is 3. The topological polar surface area (TPSA) is 51.5 Å². The first-order valence-corrected chi connectivity index (χ1v) is 12.2. The van der Waals surface area contributed by atoms with E-state index in [1.807, 2.05) is 39.8 Å². The Labute approximate surface area is 207 Å². The highest BCUT2D eigenvalue weighted by Crippen LogP contribution is 2.37. The molecule has 1 heterocycles. The van der Waals surface area contributed by atoms with E-state index in [-0.39, 0.29) is 11.8 Å². The van der Waals surface area contributed by atoms with Crippen LogP contribution in [0, 0.1) is 13.8 Å². The molecule has 0 saturated heterocycles. The maximum absolute atomic E-state index is 12.9. The molecule has 1 aromatic heterocycles. The number of aryl methyl sites for hydroxylation is 2. The van der Waals surface area contributed by atoms with Gasteiger partial charge in [-0.2, -0.15) is 0 Å². The lowest BCUT2D eigenvalue weighted by molar-refractivity contribution is -0.116. The summed E-state index contributed by atoms with van der Waals surface area (Å²) in [5.74, 6) is 0.886. The Morgan fingerprint density at radius 1 is 1.03 bits per heavy atom. The van der Waals surface area contributed by atoms with Gasteiger partial charge in [0.05, 0.1) is 12.9 Å². The Kier molecular flexibility index (Phi) is 7.71. The van der Waals surface area contributed by atoms with Gasteiger partial charge in [0, 0.05) is 35.1 Å². The molecule has 1 N–H and O–H groups in total. The van der Waals surface area contributed by atoms with Crippen molar-refractivity contribution in [2.45, 2.75) is 40.0 Å². The standard InChI is InChI=1S/C31H33NO3/c1-5-34-30-23(4)31-28(22(3)20-35-31)19-27(30)21(2)18-29(33)32-17-16-26(24-12-8-6-9-13-24)25-14-10-7-11-15-25/h6-15,18-20,26H,5,16-17H2,1-4H3,(H,32,33)/b21-18+. The van der Waals surface area contributed by atoms with Gasteiger partial charge in [0.1, 0.15) is 11.3 Å². The molecule has 0 spiro atoms. The molecule has 0 atom stereocenters. The van der Waals surface area contributed by atoms with E-state index in [4.69, 9.17) is 9.15 Å². The van der Waals surface area contributed by atoms with Crippen LogP contribution in [0.25, 0.3) is 16.5 Å². The van der Waals surface area contributed by atoms with Gasteiger partial charge >= 0.3 is 0 Å². The molecule has 35 heavy (non-hydrogen) atoms. The van der Waals surface area contributed by atoms with Gasteiger partial charge in [0.25, 0.3) is 0 Å². The smallest absolute Gasteiger partial charge is 0.244 e. The van der Waals surface area contributed by atoms with Gasteiger partial charge in [-0.1, -0.05) is 60.7 Å². The first-order valence-electron chi connectivity index (χ1n) is 12.2. The van der Waals surface area contributed by atoms with Crippen LogP contribution in [0.4, 0.5) is 0 Å². The number of carbonyl (C=O) groups excluding carboxylic acids is 1. The van der Waals surface area contributed by atoms with Gasteiger partial charge in [0.2, 0.25) is 5.91 Å². The number of benzene rings is 3. The van der Waals surface area contributed by atoms with Crippen molar-refractivity contribution in [2.24, 2.45) is 0 Å². The number of nitrogens with one attached hydrogen (secondary N) is 1. The van der Waals surface area contributed by atoms with E-state index in [2.05, 4.69) is 59.9 Å². The maximum Gasteiger partial charge on any atom is 0.244 e. The van der Waals surface area contributed by atoms with E-state index in [9.17, 15) is 4.79 Å². The molecule has 0 radical (unpaired) electrons. The number of carbonyl (C=O) groups is 1. The van der Waals surface area contributed by atoms with E-state index >= 15 is 0 Å². The van der Waals surface area contributed by atoms with Gasteiger partial charge in [-0.05, 0) is 62.4 Å². The molecule has 3 aromatic carbocycles. The lowest BCUT2D eigenvalue weighted by atomic mass is 9.88. The van der Waals surface area contributed by atoms with Crippen molar-refractivity contribution in [3.8, 4) is 5.75 Å². The molecule has 180 valence electrons. The first kappa shape index (κ1) is 24.3. The normalized spacial score (nSPS) is 11.7. The quantitative estimate of drug-likeness (QED) is 0.265. The van der Waals surface area contributed by atoms with Crippen LogP contribution in [-0.2, 0) is 4.79 Å². The lowest BCUT2D eigenvalue weighted by Gasteiger charge is -2.18. The molecule has 1 amide bonds. The maximum atomic E-state index is 12.9. The molecule has 0 aliphatic carbocycles. The SMILES string of the molecule is CCOc1c(/C(C)=C/C(=O)NCCC(c2ccccc2)c2ccccc2)cc2c(C)coc2c1C. The molecule has 0 bridgehead atoms. The largest absolute Gasteiger partial charge is 0.493 e. The summed E-state index contributed by atoms with van der Waals surface area (Å²) in [4.78, 5) is 12.9. The van der Waals surface area contributed by atoms with Crippen LogP contribution in [0.3, 0.4) is 0 Å². The minimum atomic E-state index is -0.105. The van der Waals surface area contributed by atoms with Crippen LogP contribution in [0.2, 0.25) is 0 Å². The second kappa shape index (κ2) is 11.1. The zero-order chi connectivity index (χ0) is 24.8. The Hall–Kier alpha value is -3.79. The van der Waals surface area contributed by atoms with Crippen LogP contribution in [0.15, 0.2) is 83.5 Å². The van der Waals surface area contributed by atoms with E-state index < -0.39 is 0 Å². The predicted octanol–water partition coefficient (Wildman–Crippen LogP) is 7.19. The van der Waals surface area contributed by atoms with Crippen molar-refractivity contribution in [3.05, 3.63) is 107 Å². The predicted molar refractivity (Wildman–Crippen MR) is 143 cm³/mol. The summed E-state index contributed by atoms with van der Waals surface area (Å²) in [5.41, 5.74) is 7.13. The minimum Gasteiger partial charge on any atom is -0.493 e. The van der Waals surface area contributed by atoms with E-state index in [0.29, 0.717) is 13.2 Å². The van der Waals surface area contributed by atoms with Crippen LogP contribution in [0.5, 0.6) is 5.75 Å². The van der Waals surface area contributed by atoms with E-state index in [1.54, 1.807) is 12.3 Å². The summed E-state index contributed by atoms with van der Waals surface area (Å²) in [6.07, 6.45) is 4.24. The molecule has 0 fully saturated rings. The highest BCUT2D eigenvalue weighted by molar-refractivity contribution is 5.98. The molecule has 0 saturated carbocycles. The fourth-order valence-corrected chi connectivity index (χ4v) is 4.62. The van der Waals surface area contributed by atoms with Crippen molar-refractivity contribution < 1.29 is 13.9 Å². The number of amides is 1. The van der Waals surface area contributed by atoms with Gasteiger partial charge in [-0.25, -0.2) is 0 Å². The first-order chi connectivity index (χ1) is 17.0. The summed E-state index contributed by atoms with van der Waals surface area (Å²) in [5, 5.41) is 4.13. The summed E-state index contributed by atoms with van der Waals surface area (Å²) in [6.45, 7) is 9.06. The van der Waals surface area contributed by atoms with Crippen molar-refractivity contribution in [2.75, 3.05) is 13.2 Å². The summed E-state index contributed by atoms with van der Waals surface area (Å²) >= 11 is 0. The van der Waals surface area contributed by atoms with E-state index in [1.165, 1.54) is 11.1 Å². The fourth-order valence-electron chi connectivity index (χ4n) is 4.62. The molecular formula is C31H33NO3. The van der Waals surface area contributed by atoms with Crippen LogP contribution >= 0.6 is 0 Å². The summed E-state index contributed by atoms with van der Waals surface area (Å²) < 4.78 is 11.7. The minimum absolute atomic E-state index is 0.105. The van der Waals surface area contributed by atoms with E-state index in [0.717, 1.165) is 45.4 Å². The Morgan fingerprint density at radius 3 is 2.26 bits per heavy atom. The van der Waals surface area contributed by atoms with Gasteiger partial charge in [0.15, 0.2) is 0 Å². The molecule has 4 heteroatoms. The van der Waals surface area contributed by atoms with Crippen molar-refractivity contribution in [1.29, 1.82) is 0 Å². The number of ether oxygens (including phenoxy) is 1. The number of furan rings is 1. The summed E-state index contributed by atoms with van der Waals surface area (Å²) in [6, 6.07) is 23.0. The van der Waals surface area contributed by atoms with Crippen LogP contribution in [0.1, 0.15) is 54.0 Å². The van der Waals surface area contributed by atoms with Gasteiger partial charge in [-0.3, -0.25) is 4.79 Å². The third kappa shape index (κ3) is 5.48.